The Morgan fingerprint density at radius 3 is 2.60 bits per heavy atom. The number of halogens is 2. The molecule has 3 fully saturated rings. The number of piperidine rings is 1. The van der Waals surface area contributed by atoms with Crippen LogP contribution in [0.4, 0.5) is 8.78 Å². The Morgan fingerprint density at radius 1 is 1.11 bits per heavy atom. The summed E-state index contributed by atoms with van der Waals surface area (Å²) < 4.78 is 32.5. The van der Waals surface area contributed by atoms with Gasteiger partial charge in [-0.25, -0.2) is 8.78 Å². The fourth-order valence-electron chi connectivity index (χ4n) is 5.34. The van der Waals surface area contributed by atoms with E-state index in [4.69, 9.17) is 4.52 Å². The summed E-state index contributed by atoms with van der Waals surface area (Å²) in [5.41, 5.74) is -0.126. The second-order valence-corrected chi connectivity index (χ2v) is 10.5. The second kappa shape index (κ2) is 9.68. The van der Waals surface area contributed by atoms with Crippen LogP contribution in [0.2, 0.25) is 0 Å². The number of carbonyl (C=O) groups excluding carboxylic acids is 2. The normalized spacial score (nSPS) is 24.7. The molecular weight excluding hydrogens is 454 g/mol. The van der Waals surface area contributed by atoms with E-state index in [1.54, 1.807) is 0 Å². The SMILES string of the molecule is CC1(NC(=O)[C@@H]2CN(C3CCCCC3)CC[C@H]2NC(=O)c2cc(-c3ccc(F)cc3F)on2)CC1. The molecule has 9 heteroatoms. The maximum atomic E-state index is 14.1. The van der Waals surface area contributed by atoms with Gasteiger partial charge in [0.15, 0.2) is 11.5 Å². The molecule has 1 aromatic carbocycles. The van der Waals surface area contributed by atoms with Crippen LogP contribution < -0.4 is 10.6 Å². The Kier molecular flexibility index (Phi) is 6.61. The first-order chi connectivity index (χ1) is 16.8. The summed E-state index contributed by atoms with van der Waals surface area (Å²) >= 11 is 0. The van der Waals surface area contributed by atoms with Crippen LogP contribution in [0.5, 0.6) is 0 Å². The Balaban J connectivity index is 1.29. The van der Waals surface area contributed by atoms with Crippen molar-refractivity contribution < 1.29 is 22.9 Å². The van der Waals surface area contributed by atoms with E-state index in [9.17, 15) is 18.4 Å². The van der Waals surface area contributed by atoms with Crippen molar-refractivity contribution in [3.05, 3.63) is 41.6 Å². The first-order valence-electron chi connectivity index (χ1n) is 12.6. The van der Waals surface area contributed by atoms with Crippen molar-refractivity contribution in [3.8, 4) is 11.3 Å². The minimum atomic E-state index is -0.798. The van der Waals surface area contributed by atoms with E-state index < -0.39 is 17.5 Å². The number of rotatable bonds is 6. The molecule has 2 saturated carbocycles. The van der Waals surface area contributed by atoms with Gasteiger partial charge < -0.3 is 15.2 Å². The van der Waals surface area contributed by atoms with Crippen LogP contribution in [0.25, 0.3) is 11.3 Å². The lowest BCUT2D eigenvalue weighted by molar-refractivity contribution is -0.129. The smallest absolute Gasteiger partial charge is 0.273 e. The van der Waals surface area contributed by atoms with Gasteiger partial charge in [0.05, 0.1) is 11.5 Å². The van der Waals surface area contributed by atoms with Gasteiger partial charge >= 0.3 is 0 Å². The molecule has 1 saturated heterocycles. The van der Waals surface area contributed by atoms with Gasteiger partial charge in [0.25, 0.3) is 5.91 Å². The highest BCUT2D eigenvalue weighted by atomic mass is 19.1. The summed E-state index contributed by atoms with van der Waals surface area (Å²) in [6.07, 6.45) is 8.63. The van der Waals surface area contributed by atoms with Crippen LogP contribution in [0.1, 0.15) is 68.8 Å². The number of amides is 2. The minimum Gasteiger partial charge on any atom is -0.355 e. The van der Waals surface area contributed by atoms with Crippen LogP contribution in [0, 0.1) is 17.6 Å². The van der Waals surface area contributed by atoms with Gasteiger partial charge in [-0.2, -0.15) is 0 Å². The largest absolute Gasteiger partial charge is 0.355 e. The van der Waals surface area contributed by atoms with E-state index in [0.29, 0.717) is 19.0 Å². The topological polar surface area (TPSA) is 87.5 Å². The van der Waals surface area contributed by atoms with Crippen LogP contribution >= 0.6 is 0 Å². The third kappa shape index (κ3) is 5.39. The number of nitrogens with zero attached hydrogens (tertiary/aromatic N) is 2. The monoisotopic (exact) mass is 486 g/mol. The maximum absolute atomic E-state index is 14.1. The van der Waals surface area contributed by atoms with E-state index in [0.717, 1.165) is 44.4 Å². The van der Waals surface area contributed by atoms with Gasteiger partial charge in [-0.3, -0.25) is 14.5 Å². The molecule has 2 aromatic rings. The molecular formula is C26H32F2N4O3. The summed E-state index contributed by atoms with van der Waals surface area (Å²) in [5, 5.41) is 9.95. The van der Waals surface area contributed by atoms with E-state index in [1.807, 2.05) is 6.92 Å². The fraction of sp³-hybridized carbons (Fsp3) is 0.577. The van der Waals surface area contributed by atoms with Crippen molar-refractivity contribution in [3.63, 3.8) is 0 Å². The molecule has 2 N–H and O–H groups in total. The zero-order valence-corrected chi connectivity index (χ0v) is 20.0. The van der Waals surface area contributed by atoms with Crippen LogP contribution in [0.3, 0.4) is 0 Å². The summed E-state index contributed by atoms with van der Waals surface area (Å²) in [4.78, 5) is 28.7. The number of hydrogen-bond acceptors (Lipinski definition) is 5. The molecule has 2 aliphatic carbocycles. The maximum Gasteiger partial charge on any atom is 0.273 e. The standard InChI is InChI=1S/C26H32F2N4O3/c1-26(10-11-26)30-24(33)19-15-32(17-5-3-2-4-6-17)12-9-21(19)29-25(34)22-14-23(35-31-22)18-8-7-16(27)13-20(18)28/h7-8,13-14,17,19,21H,2-6,9-12,15H2,1H3,(H,29,34)(H,30,33)/t19-,21-/m1/s1. The van der Waals surface area contributed by atoms with Crippen molar-refractivity contribution in [2.75, 3.05) is 13.1 Å². The minimum absolute atomic E-state index is 0.00764. The number of carbonyl (C=O) groups is 2. The Bertz CT molecular complexity index is 1090. The van der Waals surface area contributed by atoms with Crippen molar-refractivity contribution in [1.29, 1.82) is 0 Å². The fourth-order valence-corrected chi connectivity index (χ4v) is 5.34. The molecule has 1 aromatic heterocycles. The van der Waals surface area contributed by atoms with Crippen molar-refractivity contribution in [2.45, 2.75) is 75.9 Å². The summed E-state index contributed by atoms with van der Waals surface area (Å²) in [6, 6.07) is 4.60. The van der Waals surface area contributed by atoms with Crippen LogP contribution in [0.15, 0.2) is 28.8 Å². The molecule has 5 rings (SSSR count). The van der Waals surface area contributed by atoms with Crippen LogP contribution in [-0.4, -0.2) is 52.6 Å². The third-order valence-corrected chi connectivity index (χ3v) is 7.75. The van der Waals surface area contributed by atoms with Gasteiger partial charge in [-0.1, -0.05) is 24.4 Å². The molecule has 7 nitrogen and oxygen atoms in total. The molecule has 2 amide bonds. The van der Waals surface area contributed by atoms with Crippen molar-refractivity contribution >= 4 is 11.8 Å². The van der Waals surface area contributed by atoms with E-state index in [1.165, 1.54) is 31.4 Å². The first kappa shape index (κ1) is 23.9. The number of aromatic nitrogens is 1. The Hall–Kier alpha value is -2.81. The highest BCUT2D eigenvalue weighted by Crippen LogP contribution is 2.35. The predicted octanol–water partition coefficient (Wildman–Crippen LogP) is 4.04. The lowest BCUT2D eigenvalue weighted by Gasteiger charge is -2.43. The summed E-state index contributed by atoms with van der Waals surface area (Å²) in [5.74, 6) is -2.33. The predicted molar refractivity (Wildman–Crippen MR) is 125 cm³/mol. The second-order valence-electron chi connectivity index (χ2n) is 10.5. The molecule has 0 spiro atoms. The zero-order valence-electron chi connectivity index (χ0n) is 20.0. The summed E-state index contributed by atoms with van der Waals surface area (Å²) in [6.45, 7) is 3.48. The van der Waals surface area contributed by atoms with Crippen LogP contribution in [-0.2, 0) is 4.79 Å². The number of likely N-dealkylation sites (tertiary alicyclic amines) is 1. The number of benzene rings is 1. The average molecular weight is 487 g/mol. The van der Waals surface area contributed by atoms with Gasteiger partial charge in [0.1, 0.15) is 11.6 Å². The summed E-state index contributed by atoms with van der Waals surface area (Å²) in [7, 11) is 0. The van der Waals surface area contributed by atoms with Gasteiger partial charge in [0.2, 0.25) is 5.91 Å². The van der Waals surface area contributed by atoms with E-state index in [-0.39, 0.29) is 40.4 Å². The molecule has 188 valence electrons. The number of nitrogens with one attached hydrogen (secondary N) is 2. The molecule has 2 heterocycles. The molecule has 0 unspecified atom stereocenters. The highest BCUT2D eigenvalue weighted by Gasteiger charge is 2.44. The van der Waals surface area contributed by atoms with E-state index >= 15 is 0 Å². The van der Waals surface area contributed by atoms with Crippen molar-refractivity contribution in [1.82, 2.24) is 20.7 Å². The van der Waals surface area contributed by atoms with Gasteiger partial charge in [-0.15, -0.1) is 0 Å². The highest BCUT2D eigenvalue weighted by molar-refractivity contribution is 5.94. The van der Waals surface area contributed by atoms with Crippen molar-refractivity contribution in [2.24, 2.45) is 5.92 Å². The zero-order chi connectivity index (χ0) is 24.6. The quantitative estimate of drug-likeness (QED) is 0.644. The molecule has 35 heavy (non-hydrogen) atoms. The van der Waals surface area contributed by atoms with Gasteiger partial charge in [0, 0.05) is 42.8 Å². The lowest BCUT2D eigenvalue weighted by atomic mass is 9.86. The molecule has 0 bridgehead atoms. The van der Waals surface area contributed by atoms with Gasteiger partial charge in [-0.05, 0) is 51.2 Å². The Labute approximate surface area is 203 Å². The third-order valence-electron chi connectivity index (χ3n) is 7.75. The molecule has 0 radical (unpaired) electrons. The lowest BCUT2D eigenvalue weighted by Crippen LogP contribution is -2.58. The molecule has 2 atom stereocenters. The first-order valence-corrected chi connectivity index (χ1v) is 12.6. The van der Waals surface area contributed by atoms with E-state index in [2.05, 4.69) is 20.7 Å². The average Bonchev–Trinajstić information content (AvgIpc) is 3.36. The molecule has 1 aliphatic heterocycles. The number of hydrogen-bond donors (Lipinski definition) is 2. The molecule has 3 aliphatic rings. The Morgan fingerprint density at radius 2 is 1.89 bits per heavy atom.